The van der Waals surface area contributed by atoms with Crippen LogP contribution in [0.5, 0.6) is 0 Å². The molecule has 0 aromatic rings. The van der Waals surface area contributed by atoms with E-state index in [-0.39, 0.29) is 11.9 Å². The third-order valence-corrected chi connectivity index (χ3v) is 3.39. The van der Waals surface area contributed by atoms with E-state index in [0.717, 1.165) is 19.6 Å². The van der Waals surface area contributed by atoms with Crippen LogP contribution in [0.4, 0.5) is 0 Å². The number of hydrogen-bond donors (Lipinski definition) is 2. The summed E-state index contributed by atoms with van der Waals surface area (Å²) in [6.07, 6.45) is 2.48. The van der Waals surface area contributed by atoms with Gasteiger partial charge in [0.2, 0.25) is 5.91 Å². The summed E-state index contributed by atoms with van der Waals surface area (Å²) in [5.41, 5.74) is 5.39. The van der Waals surface area contributed by atoms with Gasteiger partial charge < -0.3 is 11.1 Å². The van der Waals surface area contributed by atoms with E-state index in [0.29, 0.717) is 12.0 Å². The number of carbonyl (C=O) groups excluding carboxylic acids is 1. The molecule has 0 aromatic carbocycles. The zero-order chi connectivity index (χ0) is 12.1. The Morgan fingerprint density at radius 3 is 2.75 bits per heavy atom. The number of likely N-dealkylation sites (N-methyl/N-ethyl adjacent to an activating group) is 1. The summed E-state index contributed by atoms with van der Waals surface area (Å²) in [5.74, 6) is 0.411. The maximum absolute atomic E-state index is 11.3. The molecule has 1 aliphatic rings. The Hall–Kier alpha value is -0.610. The van der Waals surface area contributed by atoms with Crippen LogP contribution in [0.3, 0.4) is 0 Å². The fourth-order valence-electron chi connectivity index (χ4n) is 2.57. The normalized spacial score (nSPS) is 23.9. The average Bonchev–Trinajstić information content (AvgIpc) is 2.65. The first-order valence-electron chi connectivity index (χ1n) is 6.33. The molecule has 16 heavy (non-hydrogen) atoms. The molecule has 2 atom stereocenters. The Labute approximate surface area is 98.6 Å². The van der Waals surface area contributed by atoms with Crippen LogP contribution in [0.25, 0.3) is 0 Å². The lowest BCUT2D eigenvalue weighted by Gasteiger charge is -2.30. The van der Waals surface area contributed by atoms with Gasteiger partial charge in [-0.05, 0) is 31.8 Å². The number of nitrogens with zero attached hydrogens (tertiary/aromatic N) is 1. The molecule has 1 rings (SSSR count). The van der Waals surface area contributed by atoms with Crippen molar-refractivity contribution in [2.75, 3.05) is 19.6 Å². The summed E-state index contributed by atoms with van der Waals surface area (Å²) >= 11 is 0. The molecule has 0 spiro atoms. The van der Waals surface area contributed by atoms with E-state index in [2.05, 4.69) is 24.1 Å². The van der Waals surface area contributed by atoms with Crippen molar-refractivity contribution in [3.63, 3.8) is 0 Å². The molecule has 0 aliphatic carbocycles. The number of rotatable bonds is 6. The smallest absolute Gasteiger partial charge is 0.235 e. The molecule has 1 saturated heterocycles. The number of nitrogens with two attached hydrogens (primary N) is 1. The number of likely N-dealkylation sites (tertiary alicyclic amines) is 1. The average molecular weight is 227 g/mol. The summed E-state index contributed by atoms with van der Waals surface area (Å²) in [6.45, 7) is 9.13. The molecule has 4 nitrogen and oxygen atoms in total. The Morgan fingerprint density at radius 2 is 2.25 bits per heavy atom. The van der Waals surface area contributed by atoms with Gasteiger partial charge in [0.05, 0.1) is 6.04 Å². The molecule has 0 saturated carbocycles. The maximum atomic E-state index is 11.3. The fourth-order valence-corrected chi connectivity index (χ4v) is 2.57. The van der Waals surface area contributed by atoms with Crippen molar-refractivity contribution in [1.82, 2.24) is 10.2 Å². The third kappa shape index (κ3) is 3.46. The van der Waals surface area contributed by atoms with Crippen molar-refractivity contribution in [3.8, 4) is 0 Å². The third-order valence-electron chi connectivity index (χ3n) is 3.39. The SMILES string of the molecule is CCNC(CN1CCCC1C(C)C)C(N)=O. The van der Waals surface area contributed by atoms with Gasteiger partial charge in [-0.25, -0.2) is 0 Å². The van der Waals surface area contributed by atoms with Gasteiger partial charge in [-0.3, -0.25) is 9.69 Å². The lowest BCUT2D eigenvalue weighted by Crippen LogP contribution is -2.50. The van der Waals surface area contributed by atoms with Crippen LogP contribution in [0, 0.1) is 5.92 Å². The zero-order valence-electron chi connectivity index (χ0n) is 10.7. The number of nitrogens with one attached hydrogen (secondary N) is 1. The van der Waals surface area contributed by atoms with Crippen molar-refractivity contribution in [3.05, 3.63) is 0 Å². The highest BCUT2D eigenvalue weighted by Crippen LogP contribution is 2.23. The molecule has 1 fully saturated rings. The molecule has 3 N–H and O–H groups in total. The minimum absolute atomic E-state index is 0.204. The molecule has 0 radical (unpaired) electrons. The van der Waals surface area contributed by atoms with Gasteiger partial charge in [-0.15, -0.1) is 0 Å². The van der Waals surface area contributed by atoms with Crippen molar-refractivity contribution in [2.45, 2.75) is 45.7 Å². The molecule has 1 amide bonds. The van der Waals surface area contributed by atoms with Gasteiger partial charge in [0.15, 0.2) is 0 Å². The first-order chi connectivity index (χ1) is 7.56. The van der Waals surface area contributed by atoms with Crippen LogP contribution in [0.2, 0.25) is 0 Å². The Morgan fingerprint density at radius 1 is 1.56 bits per heavy atom. The second kappa shape index (κ2) is 6.21. The highest BCUT2D eigenvalue weighted by molar-refractivity contribution is 5.80. The van der Waals surface area contributed by atoms with E-state index in [1.807, 2.05) is 6.92 Å². The van der Waals surface area contributed by atoms with E-state index in [4.69, 9.17) is 5.73 Å². The topological polar surface area (TPSA) is 58.4 Å². The highest BCUT2D eigenvalue weighted by Gasteiger charge is 2.29. The molecule has 4 heteroatoms. The largest absolute Gasteiger partial charge is 0.368 e. The fraction of sp³-hybridized carbons (Fsp3) is 0.917. The summed E-state index contributed by atoms with van der Waals surface area (Å²) in [7, 11) is 0. The maximum Gasteiger partial charge on any atom is 0.235 e. The van der Waals surface area contributed by atoms with E-state index in [1.54, 1.807) is 0 Å². The highest BCUT2D eigenvalue weighted by atomic mass is 16.1. The minimum Gasteiger partial charge on any atom is -0.368 e. The molecule has 94 valence electrons. The lowest BCUT2D eigenvalue weighted by atomic mass is 10.0. The van der Waals surface area contributed by atoms with E-state index < -0.39 is 0 Å². The van der Waals surface area contributed by atoms with E-state index >= 15 is 0 Å². The van der Waals surface area contributed by atoms with E-state index in [1.165, 1.54) is 12.8 Å². The number of amides is 1. The van der Waals surface area contributed by atoms with Gasteiger partial charge >= 0.3 is 0 Å². The monoisotopic (exact) mass is 227 g/mol. The Bertz CT molecular complexity index is 230. The summed E-state index contributed by atoms with van der Waals surface area (Å²) in [6, 6.07) is 0.407. The van der Waals surface area contributed by atoms with Crippen LogP contribution < -0.4 is 11.1 Å². The van der Waals surface area contributed by atoms with Gasteiger partial charge in [-0.2, -0.15) is 0 Å². The van der Waals surface area contributed by atoms with Crippen molar-refractivity contribution < 1.29 is 4.79 Å². The van der Waals surface area contributed by atoms with Crippen LogP contribution in [-0.2, 0) is 4.79 Å². The lowest BCUT2D eigenvalue weighted by molar-refractivity contribution is -0.120. The van der Waals surface area contributed by atoms with Gasteiger partial charge in [0, 0.05) is 12.6 Å². The van der Waals surface area contributed by atoms with Gasteiger partial charge in [0.25, 0.3) is 0 Å². The minimum atomic E-state index is -0.240. The van der Waals surface area contributed by atoms with Crippen molar-refractivity contribution >= 4 is 5.91 Å². The van der Waals surface area contributed by atoms with Crippen LogP contribution in [-0.4, -0.2) is 42.5 Å². The molecule has 0 bridgehead atoms. The van der Waals surface area contributed by atoms with Crippen LogP contribution in [0.15, 0.2) is 0 Å². The van der Waals surface area contributed by atoms with E-state index in [9.17, 15) is 4.79 Å². The second-order valence-corrected chi connectivity index (χ2v) is 4.96. The predicted molar refractivity (Wildman–Crippen MR) is 66.1 cm³/mol. The Balaban J connectivity index is 2.53. The van der Waals surface area contributed by atoms with Gasteiger partial charge in [-0.1, -0.05) is 20.8 Å². The van der Waals surface area contributed by atoms with Gasteiger partial charge in [0.1, 0.15) is 0 Å². The first-order valence-corrected chi connectivity index (χ1v) is 6.33. The number of primary amides is 1. The molecular formula is C12H25N3O. The first kappa shape index (κ1) is 13.5. The summed E-state index contributed by atoms with van der Waals surface area (Å²) in [5, 5.41) is 3.15. The predicted octanol–water partition coefficient (Wildman–Crippen LogP) is 0.570. The number of carbonyl (C=O) groups is 1. The molecule has 1 aliphatic heterocycles. The Kier molecular flexibility index (Phi) is 5.22. The summed E-state index contributed by atoms with van der Waals surface area (Å²) in [4.78, 5) is 13.7. The van der Waals surface area contributed by atoms with Crippen molar-refractivity contribution in [2.24, 2.45) is 11.7 Å². The molecule has 2 unspecified atom stereocenters. The second-order valence-electron chi connectivity index (χ2n) is 4.96. The summed E-state index contributed by atoms with van der Waals surface area (Å²) < 4.78 is 0. The van der Waals surface area contributed by atoms with Crippen molar-refractivity contribution in [1.29, 1.82) is 0 Å². The quantitative estimate of drug-likeness (QED) is 0.697. The molecular weight excluding hydrogens is 202 g/mol. The van der Waals surface area contributed by atoms with Crippen LogP contribution >= 0.6 is 0 Å². The number of hydrogen-bond acceptors (Lipinski definition) is 3. The zero-order valence-corrected chi connectivity index (χ0v) is 10.7. The van der Waals surface area contributed by atoms with Crippen LogP contribution in [0.1, 0.15) is 33.6 Å². The molecule has 1 heterocycles. The molecule has 0 aromatic heterocycles. The standard InChI is InChI=1S/C12H25N3O/c1-4-14-10(12(13)16)8-15-7-5-6-11(15)9(2)3/h9-11,14H,4-8H2,1-3H3,(H2,13,16).